The van der Waals surface area contributed by atoms with Crippen LogP contribution in [0.25, 0.3) is 27.3 Å². The zero-order valence-corrected chi connectivity index (χ0v) is 17.9. The maximum Gasteiger partial charge on any atom is 0.407 e. The summed E-state index contributed by atoms with van der Waals surface area (Å²) in [4.78, 5) is 12.2. The average molecular weight is 426 g/mol. The van der Waals surface area contributed by atoms with Gasteiger partial charge in [-0.15, -0.1) is 11.3 Å². The molecule has 4 aromatic rings. The van der Waals surface area contributed by atoms with E-state index >= 15 is 0 Å². The van der Waals surface area contributed by atoms with Crippen LogP contribution in [0.15, 0.2) is 84.3 Å². The van der Waals surface area contributed by atoms with Gasteiger partial charge in [-0.05, 0) is 57.1 Å². The van der Waals surface area contributed by atoms with Crippen molar-refractivity contribution in [1.29, 1.82) is 0 Å². The minimum atomic E-state index is -0.365. The van der Waals surface area contributed by atoms with Crippen LogP contribution in [0.1, 0.15) is 29.0 Å². The number of amides is 1. The van der Waals surface area contributed by atoms with E-state index in [-0.39, 0.29) is 12.0 Å². The number of benzene rings is 3. The van der Waals surface area contributed by atoms with Crippen LogP contribution in [0.4, 0.5) is 4.79 Å². The van der Waals surface area contributed by atoms with E-state index in [1.54, 1.807) is 11.3 Å². The maximum atomic E-state index is 12.2. The minimum Gasteiger partial charge on any atom is -0.449 e. The normalized spacial score (nSPS) is 12.8. The lowest BCUT2D eigenvalue weighted by Crippen LogP contribution is -2.26. The van der Waals surface area contributed by atoms with Gasteiger partial charge in [0.25, 0.3) is 0 Å². The first-order chi connectivity index (χ1) is 15.3. The Morgan fingerprint density at radius 2 is 1.71 bits per heavy atom. The van der Waals surface area contributed by atoms with Crippen molar-refractivity contribution in [2.45, 2.75) is 12.3 Å². The number of hydrogen-bond acceptors (Lipinski definition) is 3. The third-order valence-electron chi connectivity index (χ3n) is 5.71. The largest absolute Gasteiger partial charge is 0.449 e. The molecule has 31 heavy (non-hydrogen) atoms. The molecule has 0 bridgehead atoms. The van der Waals surface area contributed by atoms with Gasteiger partial charge >= 0.3 is 6.09 Å². The van der Waals surface area contributed by atoms with Crippen LogP contribution in [-0.2, 0) is 4.74 Å². The second-order valence-corrected chi connectivity index (χ2v) is 8.61. The van der Waals surface area contributed by atoms with Crippen molar-refractivity contribution >= 4 is 33.6 Å². The smallest absolute Gasteiger partial charge is 0.407 e. The summed E-state index contributed by atoms with van der Waals surface area (Å²) in [7, 11) is 0. The second-order valence-electron chi connectivity index (χ2n) is 7.66. The first-order valence-electron chi connectivity index (χ1n) is 10.5. The molecule has 3 nitrogen and oxygen atoms in total. The molecule has 154 valence electrons. The number of nitrogens with one attached hydrogen (secondary N) is 1. The summed E-state index contributed by atoms with van der Waals surface area (Å²) in [6, 6.07) is 25.3. The molecule has 0 saturated heterocycles. The third-order valence-corrected chi connectivity index (χ3v) is 6.59. The third kappa shape index (κ3) is 4.12. The van der Waals surface area contributed by atoms with Crippen molar-refractivity contribution in [3.63, 3.8) is 0 Å². The fraction of sp³-hybridized carbons (Fsp3) is 0.148. The van der Waals surface area contributed by atoms with Crippen LogP contribution in [0.5, 0.6) is 0 Å². The summed E-state index contributed by atoms with van der Waals surface area (Å²) in [5.41, 5.74) is 6.09. The van der Waals surface area contributed by atoms with Crippen molar-refractivity contribution in [2.24, 2.45) is 0 Å². The Balaban J connectivity index is 1.12. The van der Waals surface area contributed by atoms with E-state index in [9.17, 15) is 4.79 Å². The molecule has 0 saturated carbocycles. The predicted molar refractivity (Wildman–Crippen MR) is 129 cm³/mol. The Bertz CT molecular complexity index is 1210. The summed E-state index contributed by atoms with van der Waals surface area (Å²) in [6.45, 7) is 0.894. The van der Waals surface area contributed by atoms with E-state index in [1.807, 2.05) is 12.1 Å². The summed E-state index contributed by atoms with van der Waals surface area (Å²) in [5, 5.41) is 6.24. The number of fused-ring (bicyclic) bond motifs is 4. The molecule has 0 atom stereocenters. The number of alkyl carbamates (subject to hydrolysis) is 1. The summed E-state index contributed by atoms with van der Waals surface area (Å²) >= 11 is 1.75. The van der Waals surface area contributed by atoms with Gasteiger partial charge in [0.05, 0.1) is 0 Å². The molecular formula is C27H23NO2S. The molecule has 1 amide bonds. The predicted octanol–water partition coefficient (Wildman–Crippen LogP) is 6.84. The van der Waals surface area contributed by atoms with E-state index in [0.717, 1.165) is 6.42 Å². The number of carbonyl (C=O) groups is 1. The highest BCUT2D eigenvalue weighted by Gasteiger charge is 2.28. The van der Waals surface area contributed by atoms with Crippen LogP contribution in [0.2, 0.25) is 0 Å². The lowest BCUT2D eigenvalue weighted by molar-refractivity contribution is 0.143. The van der Waals surface area contributed by atoms with Crippen molar-refractivity contribution in [1.82, 2.24) is 5.32 Å². The first kappa shape index (κ1) is 19.6. The molecule has 0 fully saturated rings. The number of rotatable bonds is 6. The van der Waals surface area contributed by atoms with E-state index in [2.05, 4.69) is 83.5 Å². The number of thiophene rings is 1. The van der Waals surface area contributed by atoms with Crippen LogP contribution in [0.3, 0.4) is 0 Å². The van der Waals surface area contributed by atoms with Gasteiger partial charge in [0, 0.05) is 17.2 Å². The standard InChI is InChI=1S/C27H23NO2S/c29-27(28-15-6-5-7-19-12-13-20-14-16-31-26(20)17-19)30-18-25-23-10-3-1-8-21(23)22-9-2-4-11-24(22)25/h1-5,7-14,16-17,25H,6,15,18H2,(H,28,29). The van der Waals surface area contributed by atoms with Crippen molar-refractivity contribution in [3.8, 4) is 11.1 Å². The lowest BCUT2D eigenvalue weighted by Gasteiger charge is -2.14. The molecule has 0 aliphatic heterocycles. The van der Waals surface area contributed by atoms with Gasteiger partial charge in [0.15, 0.2) is 0 Å². The van der Waals surface area contributed by atoms with Gasteiger partial charge in [0.1, 0.15) is 6.61 Å². The topological polar surface area (TPSA) is 38.3 Å². The minimum absolute atomic E-state index is 0.0882. The van der Waals surface area contributed by atoms with Crippen molar-refractivity contribution in [3.05, 3.63) is 101 Å². The van der Waals surface area contributed by atoms with Crippen LogP contribution in [-0.4, -0.2) is 19.2 Å². The summed E-state index contributed by atoms with van der Waals surface area (Å²) < 4.78 is 6.86. The highest BCUT2D eigenvalue weighted by molar-refractivity contribution is 7.17. The molecule has 1 heterocycles. The van der Waals surface area contributed by atoms with Gasteiger partial charge in [0.2, 0.25) is 0 Å². The summed E-state index contributed by atoms with van der Waals surface area (Å²) in [5.74, 6) is 0.0882. The lowest BCUT2D eigenvalue weighted by atomic mass is 9.98. The second kappa shape index (κ2) is 8.78. The summed E-state index contributed by atoms with van der Waals surface area (Å²) in [6.07, 6.45) is 4.57. The molecule has 1 aromatic heterocycles. The molecular weight excluding hydrogens is 402 g/mol. The SMILES string of the molecule is O=C(NCCC=Cc1ccc2ccsc2c1)OCC1c2ccccc2-c2ccccc21. The highest BCUT2D eigenvalue weighted by atomic mass is 32.1. The fourth-order valence-electron chi connectivity index (χ4n) is 4.20. The molecule has 1 N–H and O–H groups in total. The van der Waals surface area contributed by atoms with Gasteiger partial charge in [-0.3, -0.25) is 0 Å². The molecule has 0 unspecified atom stereocenters. The molecule has 1 aliphatic carbocycles. The molecule has 0 radical (unpaired) electrons. The Morgan fingerprint density at radius 1 is 0.968 bits per heavy atom. The van der Waals surface area contributed by atoms with E-state index in [1.165, 1.54) is 37.9 Å². The van der Waals surface area contributed by atoms with Gasteiger partial charge in [-0.25, -0.2) is 4.79 Å². The number of hydrogen-bond donors (Lipinski definition) is 1. The van der Waals surface area contributed by atoms with Gasteiger partial charge in [-0.1, -0.05) is 72.8 Å². The molecule has 3 aromatic carbocycles. The average Bonchev–Trinajstić information content (AvgIpc) is 3.40. The van der Waals surface area contributed by atoms with Crippen LogP contribution >= 0.6 is 11.3 Å². The molecule has 4 heteroatoms. The number of carbonyl (C=O) groups excluding carboxylic acids is 1. The molecule has 5 rings (SSSR count). The zero-order valence-electron chi connectivity index (χ0n) is 17.1. The molecule has 0 spiro atoms. The Kier molecular flexibility index (Phi) is 5.55. The van der Waals surface area contributed by atoms with Crippen molar-refractivity contribution < 1.29 is 9.53 Å². The maximum absolute atomic E-state index is 12.2. The number of ether oxygens (including phenoxy) is 1. The first-order valence-corrected chi connectivity index (χ1v) is 11.4. The molecule has 1 aliphatic rings. The highest BCUT2D eigenvalue weighted by Crippen LogP contribution is 2.44. The quantitative estimate of drug-likeness (QED) is 0.343. The van der Waals surface area contributed by atoms with Crippen molar-refractivity contribution in [2.75, 3.05) is 13.2 Å². The Hall–Kier alpha value is -3.37. The Labute approximate surface area is 186 Å². The fourth-order valence-corrected chi connectivity index (χ4v) is 5.04. The van der Waals surface area contributed by atoms with Gasteiger partial charge in [-0.2, -0.15) is 0 Å². The van der Waals surface area contributed by atoms with Crippen LogP contribution < -0.4 is 5.32 Å². The monoisotopic (exact) mass is 425 g/mol. The van der Waals surface area contributed by atoms with E-state index in [0.29, 0.717) is 13.2 Å². The Morgan fingerprint density at radius 3 is 2.48 bits per heavy atom. The van der Waals surface area contributed by atoms with Gasteiger partial charge < -0.3 is 10.1 Å². The zero-order chi connectivity index (χ0) is 21.0. The van der Waals surface area contributed by atoms with Crippen LogP contribution in [0, 0.1) is 0 Å². The van der Waals surface area contributed by atoms with E-state index < -0.39 is 0 Å². The van der Waals surface area contributed by atoms with E-state index in [4.69, 9.17) is 4.74 Å².